The standard InChI is InChI=1S/C34H35Cl3FN9/c1-19-23(6-5-11-40-19)33(28-18-47(45-44-28)22-9-12-46(13-10-22)34(2,3)4)42-21-14-24-31(20(16-39)17-41-32(24)26(36)15-21)43-27-8-7-25(35)29(37)30(27)38/h5-8,11,14-15,17-18,22,33,42,44-45H,9-10,12-13H2,1-4H3,(H,41,43)/t33-/m0/s1. The van der Waals surface area contributed by atoms with Gasteiger partial charge in [-0.3, -0.25) is 19.9 Å². The van der Waals surface area contributed by atoms with E-state index in [1.54, 1.807) is 12.3 Å². The highest BCUT2D eigenvalue weighted by atomic mass is 35.5. The normalized spacial score (nSPS) is 16.5. The van der Waals surface area contributed by atoms with Crippen molar-refractivity contribution in [2.24, 2.45) is 0 Å². The van der Waals surface area contributed by atoms with Crippen molar-refractivity contribution in [2.45, 2.75) is 58.2 Å². The zero-order valence-electron chi connectivity index (χ0n) is 26.4. The van der Waals surface area contributed by atoms with E-state index in [0.29, 0.717) is 33.3 Å². The van der Waals surface area contributed by atoms with Gasteiger partial charge in [0.05, 0.1) is 49.3 Å². The third kappa shape index (κ3) is 6.77. The van der Waals surface area contributed by atoms with Gasteiger partial charge >= 0.3 is 0 Å². The number of nitriles is 1. The van der Waals surface area contributed by atoms with Crippen molar-refractivity contribution in [1.82, 2.24) is 30.8 Å². The lowest BCUT2D eigenvalue weighted by atomic mass is 9.97. The third-order valence-electron chi connectivity index (χ3n) is 8.74. The van der Waals surface area contributed by atoms with Gasteiger partial charge in [0, 0.05) is 65.6 Å². The number of rotatable bonds is 7. The Hall–Kier alpha value is -3.85. The minimum atomic E-state index is -0.735. The van der Waals surface area contributed by atoms with Crippen molar-refractivity contribution in [3.63, 3.8) is 0 Å². The first-order valence-corrected chi connectivity index (χ1v) is 16.5. The van der Waals surface area contributed by atoms with Gasteiger partial charge in [0.15, 0.2) is 5.82 Å². The van der Waals surface area contributed by atoms with Crippen molar-refractivity contribution in [1.29, 1.82) is 5.26 Å². The van der Waals surface area contributed by atoms with Crippen LogP contribution in [-0.4, -0.2) is 44.5 Å². The Morgan fingerprint density at radius 1 is 1.09 bits per heavy atom. The number of pyridine rings is 2. The van der Waals surface area contributed by atoms with Crippen LogP contribution in [0.5, 0.6) is 0 Å². The molecule has 13 heteroatoms. The van der Waals surface area contributed by atoms with Gasteiger partial charge < -0.3 is 16.1 Å². The molecule has 47 heavy (non-hydrogen) atoms. The molecule has 0 bridgehead atoms. The van der Waals surface area contributed by atoms with Crippen LogP contribution < -0.4 is 21.6 Å². The zero-order chi connectivity index (χ0) is 33.5. The molecule has 4 heterocycles. The number of likely N-dealkylation sites (tertiary alicyclic amines) is 1. The summed E-state index contributed by atoms with van der Waals surface area (Å²) in [7, 11) is 0. The number of halogens is 4. The van der Waals surface area contributed by atoms with Gasteiger partial charge in [0.25, 0.3) is 0 Å². The number of aryl methyl sites for hydroxylation is 1. The lowest BCUT2D eigenvalue weighted by molar-refractivity contribution is 0.0570. The van der Waals surface area contributed by atoms with Crippen molar-refractivity contribution >= 4 is 62.8 Å². The van der Waals surface area contributed by atoms with Crippen LogP contribution in [0.25, 0.3) is 10.9 Å². The van der Waals surface area contributed by atoms with E-state index in [1.165, 1.54) is 18.3 Å². The molecular formula is C34H35Cl3FN9. The molecule has 0 aliphatic carbocycles. The Morgan fingerprint density at radius 2 is 1.85 bits per heavy atom. The quantitative estimate of drug-likeness (QED) is 0.143. The van der Waals surface area contributed by atoms with Gasteiger partial charge in [0.1, 0.15) is 6.07 Å². The molecule has 0 unspecified atom stereocenters. The van der Waals surface area contributed by atoms with Crippen molar-refractivity contribution in [2.75, 3.05) is 23.7 Å². The summed E-state index contributed by atoms with van der Waals surface area (Å²) in [5.74, 6) is -0.735. The van der Waals surface area contributed by atoms with Gasteiger partial charge in [-0.1, -0.05) is 40.9 Å². The second kappa shape index (κ2) is 13.3. The minimum absolute atomic E-state index is 0.0570. The Kier molecular flexibility index (Phi) is 9.38. The molecule has 0 spiro atoms. The highest BCUT2D eigenvalue weighted by molar-refractivity contribution is 6.42. The minimum Gasteiger partial charge on any atom is -0.373 e. The molecule has 1 atom stereocenters. The topological polar surface area (TPSA) is 104 Å². The Balaban J connectivity index is 1.36. The van der Waals surface area contributed by atoms with Crippen molar-refractivity contribution < 1.29 is 4.39 Å². The summed E-state index contributed by atoms with van der Waals surface area (Å²) in [6.45, 7) is 10.8. The summed E-state index contributed by atoms with van der Waals surface area (Å²) in [6, 6.07) is 12.6. The number of fused-ring (bicyclic) bond motifs is 1. The highest BCUT2D eigenvalue weighted by Gasteiger charge is 2.32. The fraction of sp³-hybridized carbons (Fsp3) is 0.324. The lowest BCUT2D eigenvalue weighted by Crippen LogP contribution is -2.52. The largest absolute Gasteiger partial charge is 0.373 e. The number of hydrogen-bond acceptors (Lipinski definition) is 9. The maximum absolute atomic E-state index is 15.1. The van der Waals surface area contributed by atoms with Crippen LogP contribution in [0.1, 0.15) is 56.5 Å². The molecule has 0 radical (unpaired) electrons. The number of piperidine rings is 1. The molecular weight excluding hydrogens is 660 g/mol. The molecule has 4 aromatic rings. The maximum Gasteiger partial charge on any atom is 0.166 e. The summed E-state index contributed by atoms with van der Waals surface area (Å²) < 4.78 is 15.1. The summed E-state index contributed by atoms with van der Waals surface area (Å²) >= 11 is 18.9. The number of anilines is 3. The first-order chi connectivity index (χ1) is 22.4. The molecule has 0 amide bonds. The molecule has 9 nitrogen and oxygen atoms in total. The van der Waals surface area contributed by atoms with Crippen LogP contribution in [0.2, 0.25) is 15.1 Å². The van der Waals surface area contributed by atoms with E-state index in [-0.39, 0.29) is 32.9 Å². The number of benzene rings is 2. The highest BCUT2D eigenvalue weighted by Crippen LogP contribution is 2.39. The van der Waals surface area contributed by atoms with E-state index < -0.39 is 5.82 Å². The van der Waals surface area contributed by atoms with Gasteiger partial charge in [-0.2, -0.15) is 5.26 Å². The molecule has 6 rings (SSSR count). The monoisotopic (exact) mass is 693 g/mol. The smallest absolute Gasteiger partial charge is 0.166 e. The molecule has 2 aliphatic rings. The summed E-state index contributed by atoms with van der Waals surface area (Å²) in [4.78, 5) is 11.5. The van der Waals surface area contributed by atoms with Crippen molar-refractivity contribution in [3.8, 4) is 6.07 Å². The molecule has 244 valence electrons. The van der Waals surface area contributed by atoms with Crippen LogP contribution in [-0.2, 0) is 0 Å². The Morgan fingerprint density at radius 3 is 2.55 bits per heavy atom. The second-order valence-electron chi connectivity index (χ2n) is 12.7. The number of nitrogens with zero attached hydrogens (tertiary/aromatic N) is 5. The average Bonchev–Trinajstić information content (AvgIpc) is 3.54. The van der Waals surface area contributed by atoms with Crippen molar-refractivity contribution in [3.05, 3.63) is 98.4 Å². The van der Waals surface area contributed by atoms with Crippen LogP contribution >= 0.6 is 34.8 Å². The fourth-order valence-electron chi connectivity index (χ4n) is 6.11. The summed E-state index contributed by atoms with van der Waals surface area (Å²) in [6.07, 6.45) is 7.34. The summed E-state index contributed by atoms with van der Waals surface area (Å²) in [5, 5.41) is 19.5. The number of nitrogens with one attached hydrogen (secondary N) is 4. The predicted molar refractivity (Wildman–Crippen MR) is 187 cm³/mol. The second-order valence-corrected chi connectivity index (χ2v) is 13.9. The average molecular weight is 695 g/mol. The molecule has 1 fully saturated rings. The lowest BCUT2D eigenvalue weighted by Gasteiger charge is -2.42. The number of hydrogen-bond donors (Lipinski definition) is 4. The van der Waals surface area contributed by atoms with Crippen LogP contribution in [0.3, 0.4) is 0 Å². The molecule has 4 N–H and O–H groups in total. The van der Waals surface area contributed by atoms with E-state index in [9.17, 15) is 5.26 Å². The number of hydrazine groups is 2. The third-order valence-corrected chi connectivity index (χ3v) is 9.80. The SMILES string of the molecule is Cc1ncccc1[C@H](Nc1cc(Cl)c2ncc(C#N)c(Nc3ccc(Cl)c(Cl)c3F)c2c1)C1=CN(C2CCN(C(C)(C)C)CC2)NN1. The first kappa shape index (κ1) is 33.1. The predicted octanol–water partition coefficient (Wildman–Crippen LogP) is 8.24. The van der Waals surface area contributed by atoms with Gasteiger partial charge in [-0.05, 0) is 70.9 Å². The van der Waals surface area contributed by atoms with Crippen LogP contribution in [0.15, 0.2) is 60.7 Å². The van der Waals surface area contributed by atoms with Crippen LogP contribution in [0.4, 0.5) is 21.5 Å². The van der Waals surface area contributed by atoms with E-state index in [2.05, 4.69) is 74.5 Å². The van der Waals surface area contributed by atoms with E-state index in [4.69, 9.17) is 34.8 Å². The maximum atomic E-state index is 15.1. The molecule has 0 saturated carbocycles. The molecule has 2 aromatic heterocycles. The molecule has 1 saturated heterocycles. The first-order valence-electron chi connectivity index (χ1n) is 15.3. The van der Waals surface area contributed by atoms with E-state index in [1.807, 2.05) is 25.1 Å². The number of aromatic nitrogens is 2. The van der Waals surface area contributed by atoms with Gasteiger partial charge in [-0.25, -0.2) is 4.39 Å². The van der Waals surface area contributed by atoms with Gasteiger partial charge in [-0.15, -0.1) is 5.53 Å². The zero-order valence-corrected chi connectivity index (χ0v) is 28.7. The Bertz CT molecular complexity index is 1890. The molecule has 2 aliphatic heterocycles. The van der Waals surface area contributed by atoms with E-state index >= 15 is 4.39 Å². The van der Waals surface area contributed by atoms with Gasteiger partial charge in [0.2, 0.25) is 0 Å². The summed E-state index contributed by atoms with van der Waals surface area (Å²) in [5.41, 5.74) is 11.3. The van der Waals surface area contributed by atoms with Crippen LogP contribution in [0, 0.1) is 24.1 Å². The van der Waals surface area contributed by atoms with E-state index in [0.717, 1.165) is 42.9 Å². The molecule has 2 aromatic carbocycles. The fourth-order valence-corrected chi connectivity index (χ4v) is 6.69. The Labute approximate surface area is 288 Å².